The van der Waals surface area contributed by atoms with Gasteiger partial charge < -0.3 is 9.47 Å². The molecule has 1 aliphatic carbocycles. The van der Waals surface area contributed by atoms with Crippen LogP contribution in [0.1, 0.15) is 45.5 Å². The van der Waals surface area contributed by atoms with Gasteiger partial charge in [0, 0.05) is 6.04 Å². The first-order valence-corrected chi connectivity index (χ1v) is 9.85. The molecule has 1 aliphatic rings. The van der Waals surface area contributed by atoms with Crippen molar-refractivity contribution in [3.63, 3.8) is 0 Å². The maximum atomic E-state index is 11.9. The van der Waals surface area contributed by atoms with Gasteiger partial charge in [0.15, 0.2) is 11.0 Å². The normalized spacial score (nSPS) is 14.3. The summed E-state index contributed by atoms with van der Waals surface area (Å²) in [6.45, 7) is 5.84. The average Bonchev–Trinajstić information content (AvgIpc) is 3.31. The number of rotatable bonds is 7. The van der Waals surface area contributed by atoms with Crippen molar-refractivity contribution in [2.75, 3.05) is 5.75 Å². The summed E-state index contributed by atoms with van der Waals surface area (Å²) in [7, 11) is 0. The molecule has 1 aromatic carbocycles. The van der Waals surface area contributed by atoms with Crippen molar-refractivity contribution in [2.24, 2.45) is 0 Å². The summed E-state index contributed by atoms with van der Waals surface area (Å²) in [6, 6.07) is 7.70. The van der Waals surface area contributed by atoms with Gasteiger partial charge in [-0.05, 0) is 45.7 Å². The van der Waals surface area contributed by atoms with Gasteiger partial charge in [-0.25, -0.2) is 0 Å². The molecule has 0 saturated heterocycles. The molecule has 0 atom stereocenters. The number of carbonyl (C=O) groups excluding carboxylic acids is 1. The fraction of sp³-hybridized carbons (Fsp3) is 0.500. The number of esters is 1. The Bertz CT molecular complexity index is 784. The number of ether oxygens (including phenoxy) is 2. The Morgan fingerprint density at radius 3 is 2.69 bits per heavy atom. The van der Waals surface area contributed by atoms with E-state index in [2.05, 4.69) is 14.8 Å². The van der Waals surface area contributed by atoms with E-state index in [-0.39, 0.29) is 18.3 Å². The van der Waals surface area contributed by atoms with Crippen LogP contribution in [-0.4, -0.2) is 32.1 Å². The third-order valence-electron chi connectivity index (χ3n) is 3.58. The number of aromatic nitrogens is 3. The van der Waals surface area contributed by atoms with Crippen molar-refractivity contribution >= 4 is 29.3 Å². The van der Waals surface area contributed by atoms with Gasteiger partial charge in [0.2, 0.25) is 0 Å². The van der Waals surface area contributed by atoms with Crippen molar-refractivity contribution in [3.05, 3.63) is 35.1 Å². The van der Waals surface area contributed by atoms with Crippen LogP contribution in [0.25, 0.3) is 0 Å². The fourth-order valence-electron chi connectivity index (χ4n) is 2.40. The lowest BCUT2D eigenvalue weighted by molar-refractivity contribution is -0.151. The molecule has 0 N–H and O–H groups in total. The van der Waals surface area contributed by atoms with Gasteiger partial charge in [-0.15, -0.1) is 10.2 Å². The van der Waals surface area contributed by atoms with Crippen LogP contribution in [0.15, 0.2) is 29.4 Å². The van der Waals surface area contributed by atoms with Crippen LogP contribution in [0, 0.1) is 0 Å². The molecule has 26 heavy (non-hydrogen) atoms. The van der Waals surface area contributed by atoms with Gasteiger partial charge in [0.1, 0.15) is 18.0 Å². The second-order valence-electron chi connectivity index (χ2n) is 7.09. The largest absolute Gasteiger partial charge is 0.484 e. The first-order valence-electron chi connectivity index (χ1n) is 8.49. The van der Waals surface area contributed by atoms with Gasteiger partial charge in [0.25, 0.3) is 0 Å². The first kappa shape index (κ1) is 19.0. The Kier molecular flexibility index (Phi) is 5.77. The van der Waals surface area contributed by atoms with Crippen molar-refractivity contribution in [2.45, 2.75) is 57.0 Å². The number of benzene rings is 1. The third kappa shape index (κ3) is 5.14. The van der Waals surface area contributed by atoms with Crippen LogP contribution in [0.3, 0.4) is 0 Å². The molecule has 140 valence electrons. The molecule has 1 saturated carbocycles. The lowest BCUT2D eigenvalue weighted by atomic mass is 10.2. The second kappa shape index (κ2) is 7.88. The molecule has 1 heterocycles. The maximum Gasteiger partial charge on any atom is 0.316 e. The van der Waals surface area contributed by atoms with Crippen LogP contribution < -0.4 is 4.74 Å². The van der Waals surface area contributed by atoms with Crippen LogP contribution in [0.4, 0.5) is 0 Å². The number of para-hydroxylation sites is 1. The quantitative estimate of drug-likeness (QED) is 0.515. The molecule has 0 bridgehead atoms. The molecular formula is C18H22ClN3O3S. The molecule has 0 radical (unpaired) electrons. The Morgan fingerprint density at radius 2 is 2.04 bits per heavy atom. The summed E-state index contributed by atoms with van der Waals surface area (Å²) in [4.78, 5) is 11.9. The maximum absolute atomic E-state index is 11.9. The van der Waals surface area contributed by atoms with Gasteiger partial charge in [-0.2, -0.15) is 0 Å². The van der Waals surface area contributed by atoms with E-state index < -0.39 is 5.60 Å². The summed E-state index contributed by atoms with van der Waals surface area (Å²) < 4.78 is 13.2. The lowest BCUT2D eigenvalue weighted by Crippen LogP contribution is -2.25. The number of hydrogen-bond acceptors (Lipinski definition) is 6. The highest BCUT2D eigenvalue weighted by Gasteiger charge is 2.30. The van der Waals surface area contributed by atoms with Gasteiger partial charge >= 0.3 is 5.97 Å². The average molecular weight is 396 g/mol. The van der Waals surface area contributed by atoms with Crippen molar-refractivity contribution < 1.29 is 14.3 Å². The SMILES string of the molecule is CC(C)(C)OC(=O)CSc1nnc(COc2ccccc2Cl)n1C1CC1. The van der Waals surface area contributed by atoms with Gasteiger partial charge in [0.05, 0.1) is 10.8 Å². The zero-order valence-electron chi connectivity index (χ0n) is 15.1. The summed E-state index contributed by atoms with van der Waals surface area (Å²) in [5.41, 5.74) is -0.490. The van der Waals surface area contributed by atoms with E-state index in [1.54, 1.807) is 6.07 Å². The van der Waals surface area contributed by atoms with Gasteiger partial charge in [-0.3, -0.25) is 9.36 Å². The third-order valence-corrected chi connectivity index (χ3v) is 4.81. The monoisotopic (exact) mass is 395 g/mol. The van der Waals surface area contributed by atoms with Crippen LogP contribution in [0.5, 0.6) is 5.75 Å². The zero-order valence-corrected chi connectivity index (χ0v) is 16.6. The van der Waals surface area contributed by atoms with E-state index in [1.165, 1.54) is 11.8 Å². The number of nitrogens with zero attached hydrogens (tertiary/aromatic N) is 3. The minimum absolute atomic E-state index is 0.202. The minimum Gasteiger partial charge on any atom is -0.484 e. The molecular weight excluding hydrogens is 374 g/mol. The van der Waals surface area contributed by atoms with Crippen molar-refractivity contribution in [3.8, 4) is 5.75 Å². The van der Waals surface area contributed by atoms with E-state index >= 15 is 0 Å². The molecule has 6 nitrogen and oxygen atoms in total. The standard InChI is InChI=1S/C18H22ClN3O3S/c1-18(2,3)25-16(23)11-26-17-21-20-15(22(17)12-8-9-12)10-24-14-7-5-4-6-13(14)19/h4-7,12H,8-11H2,1-3H3. The predicted octanol–water partition coefficient (Wildman–Crippen LogP) is 4.28. The van der Waals surface area contributed by atoms with E-state index in [4.69, 9.17) is 21.1 Å². The van der Waals surface area contributed by atoms with E-state index in [0.29, 0.717) is 16.8 Å². The molecule has 0 unspecified atom stereocenters. The molecule has 0 spiro atoms. The van der Waals surface area contributed by atoms with Crippen LogP contribution in [-0.2, 0) is 16.1 Å². The number of halogens is 1. The van der Waals surface area contributed by atoms with Crippen molar-refractivity contribution in [1.29, 1.82) is 0 Å². The topological polar surface area (TPSA) is 66.2 Å². The van der Waals surface area contributed by atoms with E-state index in [9.17, 15) is 4.79 Å². The summed E-state index contributed by atoms with van der Waals surface area (Å²) in [5.74, 6) is 1.29. The van der Waals surface area contributed by atoms with Gasteiger partial charge in [-0.1, -0.05) is 35.5 Å². The second-order valence-corrected chi connectivity index (χ2v) is 8.44. The molecule has 2 aromatic rings. The first-order chi connectivity index (χ1) is 12.3. The molecule has 0 aliphatic heterocycles. The summed E-state index contributed by atoms with van der Waals surface area (Å²) in [6.07, 6.45) is 2.16. The Hall–Kier alpha value is -1.73. The number of carbonyl (C=O) groups is 1. The molecule has 8 heteroatoms. The molecule has 0 amide bonds. The van der Waals surface area contributed by atoms with Crippen LogP contribution in [0.2, 0.25) is 5.02 Å². The molecule has 1 fully saturated rings. The minimum atomic E-state index is -0.490. The highest BCUT2D eigenvalue weighted by molar-refractivity contribution is 7.99. The fourth-order valence-corrected chi connectivity index (χ4v) is 3.39. The zero-order chi connectivity index (χ0) is 18.7. The van der Waals surface area contributed by atoms with E-state index in [0.717, 1.165) is 23.8 Å². The highest BCUT2D eigenvalue weighted by Crippen LogP contribution is 2.39. The Morgan fingerprint density at radius 1 is 1.31 bits per heavy atom. The predicted molar refractivity (Wildman–Crippen MR) is 101 cm³/mol. The number of thioether (sulfide) groups is 1. The van der Waals surface area contributed by atoms with Crippen molar-refractivity contribution in [1.82, 2.24) is 14.8 Å². The van der Waals surface area contributed by atoms with Crippen LogP contribution >= 0.6 is 23.4 Å². The summed E-state index contributed by atoms with van der Waals surface area (Å²) >= 11 is 7.47. The smallest absolute Gasteiger partial charge is 0.316 e. The molecule has 3 rings (SSSR count). The Balaban J connectivity index is 1.65. The number of hydrogen-bond donors (Lipinski definition) is 0. The summed E-state index contributed by atoms with van der Waals surface area (Å²) in [5, 5.41) is 9.76. The van der Waals surface area contributed by atoms with E-state index in [1.807, 2.05) is 39.0 Å². The highest BCUT2D eigenvalue weighted by atomic mass is 35.5. The Labute approximate surface area is 162 Å². The lowest BCUT2D eigenvalue weighted by Gasteiger charge is -2.19. The molecule has 1 aromatic heterocycles.